The van der Waals surface area contributed by atoms with Crippen LogP contribution in [0.25, 0.3) is 11.3 Å². The minimum atomic E-state index is -2.97. The molecule has 1 atom stereocenters. The second-order valence-corrected chi connectivity index (χ2v) is 7.37. The Morgan fingerprint density at radius 2 is 1.71 bits per heavy atom. The summed E-state index contributed by atoms with van der Waals surface area (Å²) in [5.41, 5.74) is 1.45. The quantitative estimate of drug-likeness (QED) is 0.530. The lowest BCUT2D eigenvalue weighted by Crippen LogP contribution is -2.39. The maximum Gasteiger partial charge on any atom is 0.274 e. The van der Waals surface area contributed by atoms with Gasteiger partial charge in [0.1, 0.15) is 11.5 Å². The molecule has 0 N–H and O–H groups in total. The normalized spacial score (nSPS) is 12.4. The van der Waals surface area contributed by atoms with Gasteiger partial charge in [-0.1, -0.05) is 30.3 Å². The molecule has 0 aliphatic heterocycles. The molecule has 1 amide bonds. The lowest BCUT2D eigenvalue weighted by molar-refractivity contribution is 0.0166. The van der Waals surface area contributed by atoms with Crippen LogP contribution in [0.4, 0.5) is 8.78 Å². The van der Waals surface area contributed by atoms with Crippen molar-refractivity contribution in [3.63, 3.8) is 0 Å². The third-order valence-corrected chi connectivity index (χ3v) is 5.08. The Morgan fingerprint density at radius 3 is 2.32 bits per heavy atom. The summed E-state index contributed by atoms with van der Waals surface area (Å²) in [7, 11) is 0. The molecule has 0 aliphatic rings. The summed E-state index contributed by atoms with van der Waals surface area (Å²) in [6.45, 7) is 5.15. The SMILES string of the molecule is CCN(C(=O)c1nccnc1-c1ccccc1)[C@@H](C)CCc1ncc(C(C)(F)F)cn1. The molecule has 2 aromatic heterocycles. The molecular formula is C23H25F2N5O. The average molecular weight is 425 g/mol. The Bertz CT molecular complexity index is 1010. The van der Waals surface area contributed by atoms with E-state index >= 15 is 0 Å². The molecule has 3 aromatic rings. The van der Waals surface area contributed by atoms with E-state index in [0.717, 1.165) is 24.9 Å². The number of hydrogen-bond acceptors (Lipinski definition) is 5. The first-order chi connectivity index (χ1) is 14.8. The van der Waals surface area contributed by atoms with Crippen LogP contribution in [0.5, 0.6) is 0 Å². The second-order valence-electron chi connectivity index (χ2n) is 7.37. The van der Waals surface area contributed by atoms with Crippen molar-refractivity contribution in [2.45, 2.75) is 45.6 Å². The van der Waals surface area contributed by atoms with Crippen molar-refractivity contribution in [1.29, 1.82) is 0 Å². The Morgan fingerprint density at radius 1 is 1.06 bits per heavy atom. The maximum absolute atomic E-state index is 13.3. The molecule has 31 heavy (non-hydrogen) atoms. The van der Waals surface area contributed by atoms with Crippen molar-refractivity contribution in [3.05, 3.63) is 72.2 Å². The first kappa shape index (κ1) is 22.4. The van der Waals surface area contributed by atoms with Gasteiger partial charge >= 0.3 is 0 Å². The lowest BCUT2D eigenvalue weighted by atomic mass is 10.1. The van der Waals surface area contributed by atoms with Crippen molar-refractivity contribution < 1.29 is 13.6 Å². The first-order valence-electron chi connectivity index (χ1n) is 10.2. The van der Waals surface area contributed by atoms with E-state index < -0.39 is 5.92 Å². The molecule has 0 radical (unpaired) electrons. The van der Waals surface area contributed by atoms with E-state index in [1.165, 1.54) is 6.20 Å². The number of amides is 1. The zero-order valence-electron chi connectivity index (χ0n) is 17.8. The van der Waals surface area contributed by atoms with E-state index in [2.05, 4.69) is 19.9 Å². The lowest BCUT2D eigenvalue weighted by Gasteiger charge is -2.28. The van der Waals surface area contributed by atoms with Crippen molar-refractivity contribution >= 4 is 5.91 Å². The van der Waals surface area contributed by atoms with Crippen molar-refractivity contribution in [2.24, 2.45) is 0 Å². The number of aromatic nitrogens is 4. The van der Waals surface area contributed by atoms with Gasteiger partial charge in [-0.05, 0) is 20.3 Å². The Hall–Kier alpha value is -3.29. The van der Waals surface area contributed by atoms with Crippen LogP contribution in [-0.2, 0) is 12.3 Å². The molecule has 6 nitrogen and oxygen atoms in total. The third-order valence-electron chi connectivity index (χ3n) is 5.08. The predicted octanol–water partition coefficient (Wildman–Crippen LogP) is 4.53. The highest BCUT2D eigenvalue weighted by atomic mass is 19.3. The molecule has 0 aliphatic carbocycles. The highest BCUT2D eigenvalue weighted by Gasteiger charge is 2.26. The smallest absolute Gasteiger partial charge is 0.274 e. The van der Waals surface area contributed by atoms with Gasteiger partial charge in [-0.3, -0.25) is 9.78 Å². The molecule has 0 spiro atoms. The molecule has 162 valence electrons. The van der Waals surface area contributed by atoms with Gasteiger partial charge in [-0.25, -0.2) is 23.7 Å². The molecular weight excluding hydrogens is 400 g/mol. The van der Waals surface area contributed by atoms with Crippen molar-refractivity contribution in [1.82, 2.24) is 24.8 Å². The van der Waals surface area contributed by atoms with E-state index in [4.69, 9.17) is 0 Å². The van der Waals surface area contributed by atoms with Gasteiger partial charge in [-0.2, -0.15) is 0 Å². The van der Waals surface area contributed by atoms with E-state index in [0.29, 0.717) is 36.6 Å². The number of rotatable bonds is 8. The van der Waals surface area contributed by atoms with Crippen LogP contribution in [-0.4, -0.2) is 43.3 Å². The Balaban J connectivity index is 1.73. The Labute approximate surface area is 180 Å². The minimum absolute atomic E-state index is 0.126. The molecule has 0 fully saturated rings. The molecule has 3 rings (SSSR count). The fourth-order valence-corrected chi connectivity index (χ4v) is 3.30. The summed E-state index contributed by atoms with van der Waals surface area (Å²) < 4.78 is 26.6. The summed E-state index contributed by atoms with van der Waals surface area (Å²) >= 11 is 0. The van der Waals surface area contributed by atoms with Crippen LogP contribution in [0, 0.1) is 0 Å². The largest absolute Gasteiger partial charge is 0.335 e. The fourth-order valence-electron chi connectivity index (χ4n) is 3.30. The number of halogens is 2. The van der Waals surface area contributed by atoms with Crippen LogP contribution in [0.2, 0.25) is 0 Å². The third kappa shape index (κ3) is 5.45. The predicted molar refractivity (Wildman–Crippen MR) is 114 cm³/mol. The summed E-state index contributed by atoms with van der Waals surface area (Å²) in [6, 6.07) is 9.33. The van der Waals surface area contributed by atoms with Crippen LogP contribution in [0.1, 0.15) is 49.1 Å². The van der Waals surface area contributed by atoms with E-state index in [1.807, 2.05) is 44.2 Å². The number of aryl methyl sites for hydroxylation is 1. The monoisotopic (exact) mass is 425 g/mol. The molecule has 0 saturated heterocycles. The number of alkyl halides is 2. The average Bonchev–Trinajstić information content (AvgIpc) is 2.78. The van der Waals surface area contributed by atoms with Gasteiger partial charge < -0.3 is 4.90 Å². The number of benzene rings is 1. The van der Waals surface area contributed by atoms with Gasteiger partial charge in [0, 0.05) is 56.3 Å². The summed E-state index contributed by atoms with van der Waals surface area (Å²) in [4.78, 5) is 31.8. The van der Waals surface area contributed by atoms with Gasteiger partial charge in [0.2, 0.25) is 0 Å². The zero-order chi connectivity index (χ0) is 22.4. The summed E-state index contributed by atoms with van der Waals surface area (Å²) in [5.74, 6) is -2.71. The molecule has 8 heteroatoms. The van der Waals surface area contributed by atoms with Crippen LogP contribution in [0.15, 0.2) is 55.1 Å². The van der Waals surface area contributed by atoms with Gasteiger partial charge in [0.15, 0.2) is 5.69 Å². The van der Waals surface area contributed by atoms with Crippen LogP contribution >= 0.6 is 0 Å². The zero-order valence-corrected chi connectivity index (χ0v) is 17.8. The van der Waals surface area contributed by atoms with Crippen LogP contribution in [0.3, 0.4) is 0 Å². The maximum atomic E-state index is 13.3. The van der Waals surface area contributed by atoms with Crippen molar-refractivity contribution in [3.8, 4) is 11.3 Å². The number of carbonyl (C=O) groups excluding carboxylic acids is 1. The number of hydrogen-bond donors (Lipinski definition) is 0. The fraction of sp³-hybridized carbons (Fsp3) is 0.348. The van der Waals surface area contributed by atoms with Crippen LogP contribution < -0.4 is 0 Å². The van der Waals surface area contributed by atoms with E-state index in [-0.39, 0.29) is 17.5 Å². The van der Waals surface area contributed by atoms with E-state index in [1.54, 1.807) is 11.1 Å². The minimum Gasteiger partial charge on any atom is -0.335 e. The number of carbonyl (C=O) groups is 1. The van der Waals surface area contributed by atoms with E-state index in [9.17, 15) is 13.6 Å². The summed E-state index contributed by atoms with van der Waals surface area (Å²) in [6.07, 6.45) is 6.44. The topological polar surface area (TPSA) is 71.9 Å². The van der Waals surface area contributed by atoms with Crippen molar-refractivity contribution in [2.75, 3.05) is 6.54 Å². The molecule has 2 heterocycles. The Kier molecular flexibility index (Phi) is 6.99. The molecule has 1 aromatic carbocycles. The molecule has 0 saturated carbocycles. The van der Waals surface area contributed by atoms with Gasteiger partial charge in [-0.15, -0.1) is 0 Å². The second kappa shape index (κ2) is 9.68. The highest BCUT2D eigenvalue weighted by molar-refractivity contribution is 5.98. The van der Waals surface area contributed by atoms with Gasteiger partial charge in [0.05, 0.1) is 5.56 Å². The molecule has 0 unspecified atom stereocenters. The standard InChI is InChI=1S/C23H25F2N5O/c1-4-30(16(2)10-11-19-28-14-18(15-29-19)23(3,24)25)22(31)21-20(26-12-13-27-21)17-8-6-5-7-9-17/h5-9,12-16H,4,10-11H2,1-3H3/t16-/m0/s1. The van der Waals surface area contributed by atoms with Gasteiger partial charge in [0.25, 0.3) is 11.8 Å². The molecule has 0 bridgehead atoms. The first-order valence-corrected chi connectivity index (χ1v) is 10.2. The summed E-state index contributed by atoms with van der Waals surface area (Å²) in [5, 5.41) is 0. The highest BCUT2D eigenvalue weighted by Crippen LogP contribution is 2.25. The number of nitrogens with zero attached hydrogens (tertiary/aromatic N) is 5.